The Hall–Kier alpha value is -2.04. The standard InChI is InChI=1S/C11H11NO4/c1-6-10(13)12-8-5-7(11(14)15-2)3-4-9(8)16-6/h3-6H,1-2H3,(H,12,13)/t6-/m1/s1. The van der Waals surface area contributed by atoms with Crippen molar-refractivity contribution in [1.82, 2.24) is 0 Å². The van der Waals surface area contributed by atoms with Gasteiger partial charge in [-0.05, 0) is 25.1 Å². The second-order valence-electron chi connectivity index (χ2n) is 3.45. The molecule has 0 spiro atoms. The predicted molar refractivity (Wildman–Crippen MR) is 56.5 cm³/mol. The van der Waals surface area contributed by atoms with E-state index in [-0.39, 0.29) is 5.91 Å². The van der Waals surface area contributed by atoms with Crippen LogP contribution in [0.15, 0.2) is 18.2 Å². The van der Waals surface area contributed by atoms with Gasteiger partial charge in [0.15, 0.2) is 6.10 Å². The number of nitrogens with one attached hydrogen (secondary N) is 1. The van der Waals surface area contributed by atoms with Crippen molar-refractivity contribution < 1.29 is 19.1 Å². The molecule has 0 radical (unpaired) electrons. The molecule has 0 unspecified atom stereocenters. The van der Waals surface area contributed by atoms with Gasteiger partial charge in [-0.3, -0.25) is 4.79 Å². The van der Waals surface area contributed by atoms with E-state index in [1.54, 1.807) is 19.1 Å². The van der Waals surface area contributed by atoms with Crippen LogP contribution in [0.5, 0.6) is 5.75 Å². The lowest BCUT2D eigenvalue weighted by Crippen LogP contribution is -2.34. The van der Waals surface area contributed by atoms with Crippen molar-refractivity contribution in [2.45, 2.75) is 13.0 Å². The van der Waals surface area contributed by atoms with Gasteiger partial charge in [0.25, 0.3) is 5.91 Å². The fraction of sp³-hybridized carbons (Fsp3) is 0.273. The van der Waals surface area contributed by atoms with E-state index in [9.17, 15) is 9.59 Å². The number of carbonyl (C=O) groups is 2. The third-order valence-corrected chi connectivity index (χ3v) is 2.33. The minimum absolute atomic E-state index is 0.227. The van der Waals surface area contributed by atoms with Crippen LogP contribution < -0.4 is 10.1 Å². The monoisotopic (exact) mass is 221 g/mol. The van der Waals surface area contributed by atoms with Gasteiger partial charge in [0.05, 0.1) is 18.4 Å². The molecule has 1 amide bonds. The maximum Gasteiger partial charge on any atom is 0.337 e. The Morgan fingerprint density at radius 3 is 2.94 bits per heavy atom. The molecule has 0 fully saturated rings. The largest absolute Gasteiger partial charge is 0.479 e. The quantitative estimate of drug-likeness (QED) is 0.723. The molecular formula is C11H11NO4. The van der Waals surface area contributed by atoms with E-state index in [0.29, 0.717) is 17.0 Å². The SMILES string of the molecule is COC(=O)c1ccc2c(c1)NC(=O)[C@@H](C)O2. The Kier molecular flexibility index (Phi) is 2.52. The molecule has 2 rings (SSSR count). The Balaban J connectivity index is 2.36. The average Bonchev–Trinajstić information content (AvgIpc) is 2.29. The molecule has 5 nitrogen and oxygen atoms in total. The number of esters is 1. The molecule has 1 aliphatic rings. The Bertz CT molecular complexity index is 455. The number of ether oxygens (including phenoxy) is 2. The Morgan fingerprint density at radius 1 is 1.50 bits per heavy atom. The minimum Gasteiger partial charge on any atom is -0.479 e. The summed E-state index contributed by atoms with van der Waals surface area (Å²) in [7, 11) is 1.30. The van der Waals surface area contributed by atoms with E-state index >= 15 is 0 Å². The molecule has 1 aliphatic heterocycles. The molecule has 5 heteroatoms. The molecule has 16 heavy (non-hydrogen) atoms. The summed E-state index contributed by atoms with van der Waals surface area (Å²) in [5, 5.41) is 2.66. The number of anilines is 1. The van der Waals surface area contributed by atoms with Crippen molar-refractivity contribution in [3.05, 3.63) is 23.8 Å². The van der Waals surface area contributed by atoms with Crippen LogP contribution in [0.4, 0.5) is 5.69 Å². The summed E-state index contributed by atoms with van der Waals surface area (Å²) < 4.78 is 9.93. The highest BCUT2D eigenvalue weighted by Crippen LogP contribution is 2.30. The maximum absolute atomic E-state index is 11.4. The van der Waals surface area contributed by atoms with Crippen LogP contribution in [0.2, 0.25) is 0 Å². The normalized spacial score (nSPS) is 18.1. The van der Waals surface area contributed by atoms with E-state index in [0.717, 1.165) is 0 Å². The van der Waals surface area contributed by atoms with Crippen LogP contribution in [0.1, 0.15) is 17.3 Å². The number of carbonyl (C=O) groups excluding carboxylic acids is 2. The highest BCUT2D eigenvalue weighted by Gasteiger charge is 2.24. The number of methoxy groups -OCH3 is 1. The van der Waals surface area contributed by atoms with Gasteiger partial charge in [-0.15, -0.1) is 0 Å². The van der Waals surface area contributed by atoms with Gasteiger partial charge >= 0.3 is 5.97 Å². The van der Waals surface area contributed by atoms with Crippen molar-refractivity contribution in [2.75, 3.05) is 12.4 Å². The van der Waals surface area contributed by atoms with Crippen molar-refractivity contribution >= 4 is 17.6 Å². The average molecular weight is 221 g/mol. The molecule has 0 aromatic heterocycles. The highest BCUT2D eigenvalue weighted by atomic mass is 16.5. The summed E-state index contributed by atoms with van der Waals surface area (Å²) >= 11 is 0. The Labute approximate surface area is 92.4 Å². The first-order valence-corrected chi connectivity index (χ1v) is 4.81. The lowest BCUT2D eigenvalue weighted by atomic mass is 10.1. The molecule has 0 bridgehead atoms. The lowest BCUT2D eigenvalue weighted by Gasteiger charge is -2.23. The van der Waals surface area contributed by atoms with E-state index in [1.807, 2.05) is 0 Å². The fourth-order valence-electron chi connectivity index (χ4n) is 1.45. The first kappa shape index (κ1) is 10.5. The molecule has 1 atom stereocenters. The molecular weight excluding hydrogens is 210 g/mol. The zero-order valence-corrected chi connectivity index (χ0v) is 8.94. The van der Waals surface area contributed by atoms with Crippen molar-refractivity contribution in [1.29, 1.82) is 0 Å². The third kappa shape index (κ3) is 1.71. The van der Waals surface area contributed by atoms with Gasteiger partial charge in [-0.1, -0.05) is 0 Å². The summed E-state index contributed by atoms with van der Waals surface area (Å²) in [6.07, 6.45) is -0.517. The number of rotatable bonds is 1. The van der Waals surface area contributed by atoms with Gasteiger partial charge in [0.2, 0.25) is 0 Å². The van der Waals surface area contributed by atoms with E-state index in [1.165, 1.54) is 13.2 Å². The van der Waals surface area contributed by atoms with Crippen LogP contribution in [-0.2, 0) is 9.53 Å². The van der Waals surface area contributed by atoms with E-state index in [2.05, 4.69) is 10.1 Å². The Morgan fingerprint density at radius 2 is 2.25 bits per heavy atom. The number of benzene rings is 1. The van der Waals surface area contributed by atoms with Gasteiger partial charge in [-0.2, -0.15) is 0 Å². The van der Waals surface area contributed by atoms with Gasteiger partial charge in [0.1, 0.15) is 5.75 Å². The zero-order chi connectivity index (χ0) is 11.7. The van der Waals surface area contributed by atoms with E-state index < -0.39 is 12.1 Å². The molecule has 84 valence electrons. The third-order valence-electron chi connectivity index (χ3n) is 2.33. The first-order chi connectivity index (χ1) is 7.61. The number of fused-ring (bicyclic) bond motifs is 1. The molecule has 1 heterocycles. The second-order valence-corrected chi connectivity index (χ2v) is 3.45. The van der Waals surface area contributed by atoms with Gasteiger partial charge in [0, 0.05) is 0 Å². The van der Waals surface area contributed by atoms with Crippen LogP contribution in [-0.4, -0.2) is 25.1 Å². The van der Waals surface area contributed by atoms with Crippen LogP contribution in [0.25, 0.3) is 0 Å². The van der Waals surface area contributed by atoms with Crippen molar-refractivity contribution in [3.63, 3.8) is 0 Å². The second kappa shape index (κ2) is 3.84. The smallest absolute Gasteiger partial charge is 0.337 e. The number of hydrogen-bond acceptors (Lipinski definition) is 4. The van der Waals surface area contributed by atoms with Gasteiger partial charge in [-0.25, -0.2) is 4.79 Å². The first-order valence-electron chi connectivity index (χ1n) is 4.81. The zero-order valence-electron chi connectivity index (χ0n) is 8.94. The molecule has 1 N–H and O–H groups in total. The highest BCUT2D eigenvalue weighted by molar-refractivity contribution is 5.99. The summed E-state index contributed by atoms with van der Waals surface area (Å²) in [6.45, 7) is 1.66. The summed E-state index contributed by atoms with van der Waals surface area (Å²) in [5.41, 5.74) is 0.866. The predicted octanol–water partition coefficient (Wildman–Crippen LogP) is 1.19. The maximum atomic E-state index is 11.4. The lowest BCUT2D eigenvalue weighted by molar-refractivity contribution is -0.122. The molecule has 1 aromatic carbocycles. The van der Waals surface area contributed by atoms with Crippen LogP contribution >= 0.6 is 0 Å². The van der Waals surface area contributed by atoms with E-state index in [4.69, 9.17) is 4.74 Å². The number of hydrogen-bond donors (Lipinski definition) is 1. The van der Waals surface area contributed by atoms with Crippen molar-refractivity contribution in [3.8, 4) is 5.75 Å². The summed E-state index contributed by atoms with van der Waals surface area (Å²) in [5.74, 6) is -0.120. The van der Waals surface area contributed by atoms with Crippen LogP contribution in [0, 0.1) is 0 Å². The summed E-state index contributed by atoms with van der Waals surface area (Å²) in [4.78, 5) is 22.6. The van der Waals surface area contributed by atoms with Crippen molar-refractivity contribution in [2.24, 2.45) is 0 Å². The van der Waals surface area contributed by atoms with Crippen LogP contribution in [0.3, 0.4) is 0 Å². The van der Waals surface area contributed by atoms with Gasteiger partial charge < -0.3 is 14.8 Å². The molecule has 0 saturated carbocycles. The molecule has 0 saturated heterocycles. The fourth-order valence-corrected chi connectivity index (χ4v) is 1.45. The number of amides is 1. The molecule has 0 aliphatic carbocycles. The minimum atomic E-state index is -0.517. The molecule has 1 aromatic rings. The topological polar surface area (TPSA) is 64.6 Å². The summed E-state index contributed by atoms with van der Waals surface area (Å²) in [6, 6.07) is 4.76.